The van der Waals surface area contributed by atoms with Gasteiger partial charge in [-0.2, -0.15) is 0 Å². The van der Waals surface area contributed by atoms with Gasteiger partial charge in [0, 0.05) is 37.5 Å². The Labute approximate surface area is 179 Å². The number of imidazole rings is 1. The maximum Gasteiger partial charge on any atom is 0.329 e. The van der Waals surface area contributed by atoms with Gasteiger partial charge in [0.25, 0.3) is 5.56 Å². The first-order valence-corrected chi connectivity index (χ1v) is 10.3. The van der Waals surface area contributed by atoms with Crippen LogP contribution < -0.4 is 16.6 Å². The Bertz CT molecular complexity index is 1330. The lowest BCUT2D eigenvalue weighted by atomic mass is 10.2. The Kier molecular flexibility index (Phi) is 5.84. The number of rotatable bonds is 7. The highest BCUT2D eigenvalue weighted by molar-refractivity contribution is 5.90. The summed E-state index contributed by atoms with van der Waals surface area (Å²) in [5.74, 6) is -0.160. The molecule has 0 saturated heterocycles. The molecule has 0 aliphatic rings. The number of nitrogens with one attached hydrogen (secondary N) is 1. The summed E-state index contributed by atoms with van der Waals surface area (Å²) >= 11 is 0. The molecule has 0 aliphatic heterocycles. The zero-order chi connectivity index (χ0) is 21.8. The van der Waals surface area contributed by atoms with E-state index in [4.69, 9.17) is 0 Å². The zero-order valence-corrected chi connectivity index (χ0v) is 17.3. The maximum absolute atomic E-state index is 12.7. The summed E-state index contributed by atoms with van der Waals surface area (Å²) in [5, 5.41) is 2.87. The van der Waals surface area contributed by atoms with E-state index >= 15 is 0 Å². The molecule has 7 heteroatoms. The molecular formula is C24H24N4O3. The van der Waals surface area contributed by atoms with Gasteiger partial charge in [0.05, 0.1) is 17.6 Å². The van der Waals surface area contributed by atoms with Crippen molar-refractivity contribution >= 4 is 22.6 Å². The molecule has 31 heavy (non-hydrogen) atoms. The molecule has 2 aromatic heterocycles. The zero-order valence-electron chi connectivity index (χ0n) is 17.3. The fourth-order valence-electron chi connectivity index (χ4n) is 3.71. The van der Waals surface area contributed by atoms with E-state index in [0.717, 1.165) is 16.6 Å². The molecule has 0 atom stereocenters. The molecule has 158 valence electrons. The molecule has 7 nitrogen and oxygen atoms in total. The normalized spacial score (nSPS) is 11.0. The first kappa shape index (κ1) is 20.4. The van der Waals surface area contributed by atoms with Crippen LogP contribution in [0.1, 0.15) is 18.9 Å². The SMILES string of the molecule is CCn1c(=O)n(CCC(=O)Nc2ccc(Cn3ccccc3=O)cc2)c2ccccc21. The van der Waals surface area contributed by atoms with Gasteiger partial charge in [0.2, 0.25) is 5.91 Å². The lowest BCUT2D eigenvalue weighted by Crippen LogP contribution is -2.25. The molecule has 0 bridgehead atoms. The molecule has 0 spiro atoms. The summed E-state index contributed by atoms with van der Waals surface area (Å²) in [6, 6.07) is 20.1. The van der Waals surface area contributed by atoms with Gasteiger partial charge in [0.1, 0.15) is 0 Å². The van der Waals surface area contributed by atoms with E-state index in [2.05, 4.69) is 5.32 Å². The number of hydrogen-bond acceptors (Lipinski definition) is 3. The minimum atomic E-state index is -0.160. The van der Waals surface area contributed by atoms with Crippen LogP contribution in [0.5, 0.6) is 0 Å². The number of carbonyl (C=O) groups excluding carboxylic acids is 1. The number of hydrogen-bond donors (Lipinski definition) is 1. The van der Waals surface area contributed by atoms with E-state index in [1.165, 1.54) is 6.07 Å². The van der Waals surface area contributed by atoms with E-state index in [1.54, 1.807) is 26.0 Å². The number of carbonyl (C=O) groups is 1. The van der Waals surface area contributed by atoms with Crippen molar-refractivity contribution in [2.45, 2.75) is 33.0 Å². The number of anilines is 1. The molecule has 2 heterocycles. The fourth-order valence-corrected chi connectivity index (χ4v) is 3.71. The molecule has 0 radical (unpaired) electrons. The Balaban J connectivity index is 1.40. The third-order valence-corrected chi connectivity index (χ3v) is 5.29. The third kappa shape index (κ3) is 4.35. The summed E-state index contributed by atoms with van der Waals surface area (Å²) in [4.78, 5) is 37.0. The number of nitrogens with zero attached hydrogens (tertiary/aromatic N) is 3. The Hall–Kier alpha value is -3.87. The molecule has 0 aliphatic carbocycles. The topological polar surface area (TPSA) is 78.0 Å². The van der Waals surface area contributed by atoms with Crippen LogP contribution in [0, 0.1) is 0 Å². The van der Waals surface area contributed by atoms with Crippen molar-refractivity contribution in [3.05, 3.63) is 99.3 Å². The number of para-hydroxylation sites is 2. The van der Waals surface area contributed by atoms with E-state index in [9.17, 15) is 14.4 Å². The quantitative estimate of drug-likeness (QED) is 0.503. The first-order chi connectivity index (χ1) is 15.1. The molecule has 0 unspecified atom stereocenters. The Morgan fingerprint density at radius 3 is 2.23 bits per heavy atom. The van der Waals surface area contributed by atoms with Gasteiger partial charge < -0.3 is 9.88 Å². The molecule has 2 aromatic carbocycles. The van der Waals surface area contributed by atoms with Gasteiger partial charge >= 0.3 is 5.69 Å². The summed E-state index contributed by atoms with van der Waals surface area (Å²) in [7, 11) is 0. The van der Waals surface area contributed by atoms with Gasteiger partial charge in [-0.25, -0.2) is 4.79 Å². The number of amides is 1. The van der Waals surface area contributed by atoms with Gasteiger partial charge in [-0.05, 0) is 42.8 Å². The first-order valence-electron chi connectivity index (χ1n) is 10.3. The van der Waals surface area contributed by atoms with Crippen LogP contribution in [0.25, 0.3) is 11.0 Å². The predicted molar refractivity (Wildman–Crippen MR) is 121 cm³/mol. The number of pyridine rings is 1. The van der Waals surface area contributed by atoms with Crippen LogP contribution in [-0.2, 0) is 24.4 Å². The molecule has 0 fully saturated rings. The highest BCUT2D eigenvalue weighted by Crippen LogP contribution is 2.14. The van der Waals surface area contributed by atoms with Crippen molar-refractivity contribution in [2.75, 3.05) is 5.32 Å². The molecule has 4 aromatic rings. The minimum Gasteiger partial charge on any atom is -0.326 e. The second kappa shape index (κ2) is 8.87. The molecule has 4 rings (SSSR count). The summed E-state index contributed by atoms with van der Waals surface area (Å²) in [6.07, 6.45) is 1.94. The second-order valence-corrected chi connectivity index (χ2v) is 7.33. The van der Waals surface area contributed by atoms with Crippen molar-refractivity contribution in [3.8, 4) is 0 Å². The van der Waals surface area contributed by atoms with Gasteiger partial charge in [0.15, 0.2) is 0 Å². The third-order valence-electron chi connectivity index (χ3n) is 5.29. The summed E-state index contributed by atoms with van der Waals surface area (Å²) < 4.78 is 4.99. The Morgan fingerprint density at radius 1 is 0.871 bits per heavy atom. The Morgan fingerprint density at radius 2 is 1.55 bits per heavy atom. The average molecular weight is 416 g/mol. The predicted octanol–water partition coefficient (Wildman–Crippen LogP) is 3.06. The molecule has 1 N–H and O–H groups in total. The highest BCUT2D eigenvalue weighted by Gasteiger charge is 2.13. The number of fused-ring (bicyclic) bond motifs is 1. The average Bonchev–Trinajstić information content (AvgIpc) is 3.05. The van der Waals surface area contributed by atoms with E-state index < -0.39 is 0 Å². The summed E-state index contributed by atoms with van der Waals surface area (Å²) in [6.45, 7) is 3.30. The second-order valence-electron chi connectivity index (χ2n) is 7.33. The van der Waals surface area contributed by atoms with Crippen LogP contribution in [0.2, 0.25) is 0 Å². The van der Waals surface area contributed by atoms with Crippen LogP contribution in [0.15, 0.2) is 82.5 Å². The molecular weight excluding hydrogens is 392 g/mol. The largest absolute Gasteiger partial charge is 0.329 e. The molecule has 1 amide bonds. The lowest BCUT2D eigenvalue weighted by molar-refractivity contribution is -0.116. The number of aromatic nitrogens is 3. The summed E-state index contributed by atoms with van der Waals surface area (Å²) in [5.41, 5.74) is 3.20. The van der Waals surface area contributed by atoms with Crippen molar-refractivity contribution in [2.24, 2.45) is 0 Å². The van der Waals surface area contributed by atoms with Crippen molar-refractivity contribution < 1.29 is 4.79 Å². The number of benzene rings is 2. The van der Waals surface area contributed by atoms with Gasteiger partial charge in [-0.3, -0.25) is 18.7 Å². The van der Waals surface area contributed by atoms with Crippen molar-refractivity contribution in [3.63, 3.8) is 0 Å². The van der Waals surface area contributed by atoms with Gasteiger partial charge in [-0.1, -0.05) is 30.3 Å². The maximum atomic E-state index is 12.7. The minimum absolute atomic E-state index is 0.0560. The monoisotopic (exact) mass is 416 g/mol. The highest BCUT2D eigenvalue weighted by atomic mass is 16.2. The van der Waals surface area contributed by atoms with Gasteiger partial charge in [-0.15, -0.1) is 0 Å². The number of aryl methyl sites for hydroxylation is 2. The fraction of sp³-hybridized carbons (Fsp3) is 0.208. The van der Waals surface area contributed by atoms with E-state index in [-0.39, 0.29) is 23.6 Å². The lowest BCUT2D eigenvalue weighted by Gasteiger charge is -2.08. The van der Waals surface area contributed by atoms with E-state index in [1.807, 2.05) is 61.5 Å². The van der Waals surface area contributed by atoms with Crippen LogP contribution in [0.3, 0.4) is 0 Å². The van der Waals surface area contributed by atoms with Crippen LogP contribution in [0.4, 0.5) is 5.69 Å². The van der Waals surface area contributed by atoms with Crippen molar-refractivity contribution in [1.82, 2.24) is 13.7 Å². The standard InChI is InChI=1S/C24H24N4O3/c1-2-27-20-7-3-4-8-21(20)28(24(27)31)16-14-22(29)25-19-12-10-18(11-13-19)17-26-15-6-5-9-23(26)30/h3-13,15H,2,14,16-17H2,1H3,(H,25,29). The van der Waals surface area contributed by atoms with Crippen LogP contribution in [-0.4, -0.2) is 19.6 Å². The van der Waals surface area contributed by atoms with Crippen LogP contribution >= 0.6 is 0 Å². The van der Waals surface area contributed by atoms with Crippen molar-refractivity contribution in [1.29, 1.82) is 0 Å². The van der Waals surface area contributed by atoms with E-state index in [0.29, 0.717) is 25.3 Å². The smallest absolute Gasteiger partial charge is 0.326 e. The molecule has 0 saturated carbocycles.